The first-order valence-corrected chi connectivity index (χ1v) is 10.5. The van der Waals surface area contributed by atoms with E-state index in [0.717, 1.165) is 0 Å². The molecule has 3 aromatic heterocycles. The number of nitrogens with zero attached hydrogens (tertiary/aromatic N) is 6. The molecule has 0 aliphatic carbocycles. The molecule has 0 aromatic carbocycles. The zero-order chi connectivity index (χ0) is 23.2. The quantitative estimate of drug-likeness (QED) is 0.645. The van der Waals surface area contributed by atoms with Gasteiger partial charge in [-0.2, -0.15) is 5.10 Å². The Labute approximate surface area is 184 Å². The number of hydrogen-bond donors (Lipinski definition) is 1. The summed E-state index contributed by atoms with van der Waals surface area (Å²) in [6.07, 6.45) is 2.77. The number of aromatic nitrogens is 5. The summed E-state index contributed by atoms with van der Waals surface area (Å²) < 4.78 is 8.37. The van der Waals surface area contributed by atoms with Crippen molar-refractivity contribution in [1.29, 1.82) is 0 Å². The van der Waals surface area contributed by atoms with Crippen molar-refractivity contribution in [2.45, 2.75) is 46.3 Å². The van der Waals surface area contributed by atoms with Gasteiger partial charge in [0.05, 0.1) is 17.5 Å². The topological polar surface area (TPSA) is 118 Å². The number of amides is 2. The first-order chi connectivity index (χ1) is 15.0. The molecule has 0 radical (unpaired) electrons. The van der Waals surface area contributed by atoms with Crippen LogP contribution in [0.4, 0.5) is 4.79 Å². The van der Waals surface area contributed by atoms with E-state index in [1.807, 2.05) is 27.7 Å². The Balaban J connectivity index is 1.52. The number of ether oxygens (including phenoxy) is 1. The fourth-order valence-electron chi connectivity index (χ4n) is 3.76. The molecule has 1 aliphatic rings. The van der Waals surface area contributed by atoms with E-state index in [9.17, 15) is 14.4 Å². The number of hydrogen-bond acceptors (Lipinski definition) is 6. The number of carbonyl (C=O) groups excluding carboxylic acids is 2. The highest BCUT2D eigenvalue weighted by Gasteiger charge is 2.33. The summed E-state index contributed by atoms with van der Waals surface area (Å²) in [5.74, 6) is 0.0344. The molecule has 11 heteroatoms. The molecule has 1 saturated heterocycles. The van der Waals surface area contributed by atoms with Crippen molar-refractivity contribution in [2.75, 3.05) is 19.6 Å². The summed E-state index contributed by atoms with van der Waals surface area (Å²) in [5.41, 5.74) is 0.528. The highest BCUT2D eigenvalue weighted by molar-refractivity contribution is 5.95. The predicted octanol–water partition coefficient (Wildman–Crippen LogP) is 1.60. The Bertz CT molecular complexity index is 1230. The van der Waals surface area contributed by atoms with E-state index >= 15 is 0 Å². The monoisotopic (exact) mass is 441 g/mol. The van der Waals surface area contributed by atoms with E-state index in [4.69, 9.17) is 4.74 Å². The fraction of sp³-hybridized carbons (Fsp3) is 0.476. The van der Waals surface area contributed by atoms with Crippen LogP contribution in [0.3, 0.4) is 0 Å². The third-order valence-corrected chi connectivity index (χ3v) is 5.37. The van der Waals surface area contributed by atoms with Crippen LogP contribution in [0.25, 0.3) is 11.5 Å². The van der Waals surface area contributed by atoms with Crippen molar-refractivity contribution in [3.63, 3.8) is 0 Å². The normalized spacial score (nSPS) is 17.1. The van der Waals surface area contributed by atoms with Gasteiger partial charge in [0.15, 0.2) is 0 Å². The van der Waals surface area contributed by atoms with Crippen LogP contribution < -0.4 is 5.56 Å². The van der Waals surface area contributed by atoms with Crippen molar-refractivity contribution in [2.24, 2.45) is 0 Å². The van der Waals surface area contributed by atoms with Gasteiger partial charge in [0.1, 0.15) is 11.1 Å². The maximum Gasteiger partial charge on any atom is 0.410 e. The lowest BCUT2D eigenvalue weighted by Crippen LogP contribution is -2.56. The minimum Gasteiger partial charge on any atom is -0.444 e. The summed E-state index contributed by atoms with van der Waals surface area (Å²) in [7, 11) is 0. The van der Waals surface area contributed by atoms with Gasteiger partial charge >= 0.3 is 6.09 Å². The molecule has 0 bridgehead atoms. The average molecular weight is 441 g/mol. The Morgan fingerprint density at radius 2 is 2.00 bits per heavy atom. The van der Waals surface area contributed by atoms with Gasteiger partial charge in [0.25, 0.3) is 11.5 Å². The molecular formula is C21H27N7O4. The van der Waals surface area contributed by atoms with Crippen molar-refractivity contribution in [1.82, 2.24) is 34.2 Å². The lowest BCUT2D eigenvalue weighted by Gasteiger charge is -2.40. The third-order valence-electron chi connectivity index (χ3n) is 5.37. The first-order valence-electron chi connectivity index (χ1n) is 10.5. The molecule has 1 atom stereocenters. The number of rotatable bonds is 2. The van der Waals surface area contributed by atoms with Crippen LogP contribution in [0, 0.1) is 6.92 Å². The molecule has 4 rings (SSSR count). The molecule has 3 aromatic rings. The molecule has 0 spiro atoms. The number of carbonyl (C=O) groups is 2. The van der Waals surface area contributed by atoms with Crippen LogP contribution in [-0.2, 0) is 4.74 Å². The molecule has 170 valence electrons. The first kappa shape index (κ1) is 21.6. The molecule has 1 unspecified atom stereocenters. The SMILES string of the molecule is Cc1c(C(=O)N2CCN(C(=O)OC(C)(C)C)C(C)C2)cnn1-c1nn2cccc2c(=O)[nH]1. The standard InChI is InChI=1S/C21H27N7O4/c1-13-12-25(9-10-26(13)20(31)32-21(3,4)5)18(30)15-11-22-28(14(15)2)19-23-17(29)16-7-6-8-27(16)24-19/h6-8,11,13H,9-10,12H2,1-5H3,(H,23,24,29). The molecule has 1 aliphatic heterocycles. The maximum absolute atomic E-state index is 13.2. The largest absolute Gasteiger partial charge is 0.444 e. The number of fused-ring (bicyclic) bond motifs is 1. The van der Waals surface area contributed by atoms with Gasteiger partial charge in [-0.25, -0.2) is 14.0 Å². The van der Waals surface area contributed by atoms with Gasteiger partial charge in [0, 0.05) is 31.9 Å². The molecule has 0 saturated carbocycles. The lowest BCUT2D eigenvalue weighted by atomic mass is 10.1. The van der Waals surface area contributed by atoms with E-state index in [1.54, 1.807) is 35.1 Å². The van der Waals surface area contributed by atoms with Gasteiger partial charge in [-0.05, 0) is 46.8 Å². The van der Waals surface area contributed by atoms with Crippen LogP contribution in [-0.4, -0.2) is 77.5 Å². The molecular weight excluding hydrogens is 414 g/mol. The Hall–Kier alpha value is -3.63. The summed E-state index contributed by atoms with van der Waals surface area (Å²) in [5, 5.41) is 8.64. The Kier molecular flexibility index (Phi) is 5.27. The second-order valence-corrected chi connectivity index (χ2v) is 8.95. The molecule has 2 amide bonds. The maximum atomic E-state index is 13.2. The molecule has 11 nitrogen and oxygen atoms in total. The van der Waals surface area contributed by atoms with Crippen LogP contribution in [0.15, 0.2) is 29.3 Å². The van der Waals surface area contributed by atoms with E-state index in [0.29, 0.717) is 36.4 Å². The number of aromatic amines is 1. The van der Waals surface area contributed by atoms with Gasteiger partial charge in [-0.1, -0.05) is 0 Å². The second-order valence-electron chi connectivity index (χ2n) is 8.95. The smallest absolute Gasteiger partial charge is 0.410 e. The molecule has 4 heterocycles. The van der Waals surface area contributed by atoms with Gasteiger partial charge in [-0.3, -0.25) is 14.6 Å². The Morgan fingerprint density at radius 3 is 2.69 bits per heavy atom. The van der Waals surface area contributed by atoms with Gasteiger partial charge in [0.2, 0.25) is 5.95 Å². The van der Waals surface area contributed by atoms with Crippen molar-refractivity contribution in [3.8, 4) is 5.95 Å². The van der Waals surface area contributed by atoms with Crippen LogP contribution >= 0.6 is 0 Å². The highest BCUT2D eigenvalue weighted by atomic mass is 16.6. The summed E-state index contributed by atoms with van der Waals surface area (Å²) in [4.78, 5) is 43.9. The van der Waals surface area contributed by atoms with Crippen LogP contribution in [0.1, 0.15) is 43.7 Å². The van der Waals surface area contributed by atoms with Gasteiger partial charge in [-0.15, -0.1) is 5.10 Å². The van der Waals surface area contributed by atoms with Crippen LogP contribution in [0.2, 0.25) is 0 Å². The second kappa shape index (κ2) is 7.81. The lowest BCUT2D eigenvalue weighted by molar-refractivity contribution is 0.00196. The van der Waals surface area contributed by atoms with E-state index < -0.39 is 5.60 Å². The molecule has 32 heavy (non-hydrogen) atoms. The number of H-pyrrole nitrogens is 1. The Morgan fingerprint density at radius 1 is 1.25 bits per heavy atom. The number of nitrogens with one attached hydrogen (secondary N) is 1. The number of piperazine rings is 1. The van der Waals surface area contributed by atoms with Crippen molar-refractivity contribution in [3.05, 3.63) is 46.1 Å². The zero-order valence-electron chi connectivity index (χ0n) is 18.8. The minimum atomic E-state index is -0.575. The van der Waals surface area contributed by atoms with Crippen molar-refractivity contribution < 1.29 is 14.3 Å². The zero-order valence-corrected chi connectivity index (χ0v) is 18.8. The van der Waals surface area contributed by atoms with E-state index in [2.05, 4.69) is 15.2 Å². The molecule has 1 fully saturated rings. The van der Waals surface area contributed by atoms with Crippen LogP contribution in [0.5, 0.6) is 0 Å². The molecule has 1 N–H and O–H groups in total. The summed E-state index contributed by atoms with van der Waals surface area (Å²) in [6.45, 7) is 10.3. The average Bonchev–Trinajstić information content (AvgIpc) is 3.32. The van der Waals surface area contributed by atoms with Crippen molar-refractivity contribution >= 4 is 17.5 Å². The predicted molar refractivity (Wildman–Crippen MR) is 116 cm³/mol. The minimum absolute atomic E-state index is 0.186. The summed E-state index contributed by atoms with van der Waals surface area (Å²) in [6, 6.07) is 3.20. The third kappa shape index (κ3) is 3.97. The highest BCUT2D eigenvalue weighted by Crippen LogP contribution is 2.19. The van der Waals surface area contributed by atoms with E-state index in [-0.39, 0.29) is 29.5 Å². The van der Waals surface area contributed by atoms with E-state index in [1.165, 1.54) is 15.4 Å². The van der Waals surface area contributed by atoms with Gasteiger partial charge < -0.3 is 14.5 Å². The fourth-order valence-corrected chi connectivity index (χ4v) is 3.76. The summed E-state index contributed by atoms with van der Waals surface area (Å²) >= 11 is 0.